The molecule has 11 rings (SSSR count). The van der Waals surface area contributed by atoms with Gasteiger partial charge in [0.05, 0.1) is 0 Å². The molecule has 0 aliphatic rings. The maximum absolute atomic E-state index is 6.72. The van der Waals surface area contributed by atoms with Gasteiger partial charge in [-0.3, -0.25) is 0 Å². The lowest BCUT2D eigenvalue weighted by atomic mass is 9.84. The van der Waals surface area contributed by atoms with E-state index < -0.39 is 0 Å². The maximum atomic E-state index is 6.72. The van der Waals surface area contributed by atoms with Gasteiger partial charge in [-0.05, 0) is 93.8 Å². The van der Waals surface area contributed by atoms with Gasteiger partial charge in [0.15, 0.2) is 0 Å². The highest BCUT2D eigenvalue weighted by atomic mass is 16.3. The molecule has 0 fully saturated rings. The van der Waals surface area contributed by atoms with E-state index in [4.69, 9.17) is 4.42 Å². The lowest BCUT2D eigenvalue weighted by Gasteiger charge is -2.19. The molecule has 236 valence electrons. The maximum Gasteiger partial charge on any atom is 0.143 e. The van der Waals surface area contributed by atoms with Crippen LogP contribution < -0.4 is 0 Å². The third-order valence-electron chi connectivity index (χ3n) is 10.8. The first-order valence-corrected chi connectivity index (χ1v) is 17.6. The highest BCUT2D eigenvalue weighted by Gasteiger charge is 2.21. The van der Waals surface area contributed by atoms with Gasteiger partial charge in [0.1, 0.15) is 11.2 Å². The quantitative estimate of drug-likeness (QED) is 0.138. The Morgan fingerprint density at radius 1 is 0.275 bits per heavy atom. The third-order valence-corrected chi connectivity index (χ3v) is 10.8. The Balaban J connectivity index is 1.23. The molecule has 10 aromatic carbocycles. The highest BCUT2D eigenvalue weighted by molar-refractivity contribution is 6.29. The molecule has 0 N–H and O–H groups in total. The molecule has 1 heterocycles. The van der Waals surface area contributed by atoms with Crippen LogP contribution >= 0.6 is 0 Å². The molecule has 0 aliphatic carbocycles. The van der Waals surface area contributed by atoms with Crippen LogP contribution in [0.1, 0.15) is 0 Å². The number of rotatable bonds is 3. The van der Waals surface area contributed by atoms with E-state index >= 15 is 0 Å². The lowest BCUT2D eigenvalue weighted by molar-refractivity contribution is 0.670. The van der Waals surface area contributed by atoms with Gasteiger partial charge in [-0.15, -0.1) is 0 Å². The molecule has 0 amide bonds. The zero-order chi connectivity index (χ0) is 33.5. The Labute approximate surface area is 294 Å². The van der Waals surface area contributed by atoms with Crippen LogP contribution in [0.2, 0.25) is 0 Å². The van der Waals surface area contributed by atoms with Crippen molar-refractivity contribution in [2.75, 3.05) is 0 Å². The second-order valence-electron chi connectivity index (χ2n) is 13.5. The SMILES string of the molecule is c1ccc(-c2cccc3c2oc2cccc(-c4c5ccccc5c(-c5ccc6c7ccccc7c7ccccc7c6c5)c5ccccc45)c23)cc1. The summed E-state index contributed by atoms with van der Waals surface area (Å²) >= 11 is 0. The van der Waals surface area contributed by atoms with Gasteiger partial charge >= 0.3 is 0 Å². The van der Waals surface area contributed by atoms with E-state index in [0.29, 0.717) is 0 Å². The second-order valence-corrected chi connectivity index (χ2v) is 13.5. The predicted molar refractivity (Wildman–Crippen MR) is 218 cm³/mol. The molecule has 51 heavy (non-hydrogen) atoms. The minimum atomic E-state index is 0.900. The van der Waals surface area contributed by atoms with Crippen molar-refractivity contribution in [1.29, 1.82) is 0 Å². The number of benzene rings is 10. The van der Waals surface area contributed by atoms with Crippen molar-refractivity contribution in [3.8, 4) is 33.4 Å². The lowest BCUT2D eigenvalue weighted by Crippen LogP contribution is -1.92. The summed E-state index contributed by atoms with van der Waals surface area (Å²) in [4.78, 5) is 0. The Morgan fingerprint density at radius 3 is 1.37 bits per heavy atom. The fourth-order valence-corrected chi connectivity index (χ4v) is 8.69. The van der Waals surface area contributed by atoms with Gasteiger partial charge in [0.25, 0.3) is 0 Å². The van der Waals surface area contributed by atoms with Gasteiger partial charge in [0.2, 0.25) is 0 Å². The molecule has 0 unspecified atom stereocenters. The summed E-state index contributed by atoms with van der Waals surface area (Å²) in [6, 6.07) is 66.2. The van der Waals surface area contributed by atoms with Crippen LogP contribution in [0.25, 0.3) is 109 Å². The van der Waals surface area contributed by atoms with Gasteiger partial charge in [-0.2, -0.15) is 0 Å². The van der Waals surface area contributed by atoms with E-state index in [-0.39, 0.29) is 0 Å². The van der Waals surface area contributed by atoms with E-state index in [1.165, 1.54) is 76.1 Å². The van der Waals surface area contributed by atoms with Gasteiger partial charge < -0.3 is 4.42 Å². The molecule has 1 nitrogen and oxygen atoms in total. The Hall–Kier alpha value is -6.70. The average Bonchev–Trinajstić information content (AvgIpc) is 3.60. The number of hydrogen-bond acceptors (Lipinski definition) is 1. The monoisotopic (exact) mass is 646 g/mol. The molecule has 11 aromatic rings. The topological polar surface area (TPSA) is 13.1 Å². The van der Waals surface area contributed by atoms with Crippen molar-refractivity contribution in [2.24, 2.45) is 0 Å². The van der Waals surface area contributed by atoms with Crippen molar-refractivity contribution < 1.29 is 4.42 Å². The first kappa shape index (κ1) is 28.2. The van der Waals surface area contributed by atoms with Crippen molar-refractivity contribution in [3.05, 3.63) is 182 Å². The summed E-state index contributed by atoms with van der Waals surface area (Å²) in [6.07, 6.45) is 0. The summed E-state index contributed by atoms with van der Waals surface area (Å²) in [6.45, 7) is 0. The molecule has 0 atom stereocenters. The number of furan rings is 1. The summed E-state index contributed by atoms with van der Waals surface area (Å²) in [5, 5.41) is 15.0. The number of para-hydroxylation sites is 1. The fourth-order valence-electron chi connectivity index (χ4n) is 8.69. The first-order valence-electron chi connectivity index (χ1n) is 17.6. The van der Waals surface area contributed by atoms with Crippen LogP contribution in [-0.4, -0.2) is 0 Å². The van der Waals surface area contributed by atoms with E-state index in [1.54, 1.807) is 0 Å². The van der Waals surface area contributed by atoms with Gasteiger partial charge in [0, 0.05) is 16.3 Å². The second kappa shape index (κ2) is 10.9. The van der Waals surface area contributed by atoms with Crippen LogP contribution in [0.5, 0.6) is 0 Å². The number of hydrogen-bond donors (Lipinski definition) is 0. The van der Waals surface area contributed by atoms with Gasteiger partial charge in [-0.1, -0.05) is 170 Å². The minimum Gasteiger partial charge on any atom is -0.455 e. The molecule has 0 spiro atoms. The first-order chi connectivity index (χ1) is 25.3. The Morgan fingerprint density at radius 2 is 0.745 bits per heavy atom. The highest BCUT2D eigenvalue weighted by Crippen LogP contribution is 2.48. The zero-order valence-corrected chi connectivity index (χ0v) is 27.7. The molecule has 1 heteroatoms. The predicted octanol–water partition coefficient (Wildman–Crippen LogP) is 14.4. The Kier molecular flexibility index (Phi) is 6.02. The van der Waals surface area contributed by atoms with Crippen LogP contribution in [0.4, 0.5) is 0 Å². The summed E-state index contributed by atoms with van der Waals surface area (Å²) < 4.78 is 6.72. The molecular weight excluding hydrogens is 617 g/mol. The van der Waals surface area contributed by atoms with E-state index in [2.05, 4.69) is 182 Å². The molecule has 0 saturated carbocycles. The van der Waals surface area contributed by atoms with Crippen molar-refractivity contribution >= 4 is 75.8 Å². The van der Waals surface area contributed by atoms with Crippen LogP contribution in [-0.2, 0) is 0 Å². The molecule has 0 saturated heterocycles. The summed E-state index contributed by atoms with van der Waals surface area (Å²) in [7, 11) is 0. The molecular formula is C50H30O. The molecule has 1 aromatic heterocycles. The van der Waals surface area contributed by atoms with Crippen molar-refractivity contribution in [3.63, 3.8) is 0 Å². The number of fused-ring (bicyclic) bond motifs is 11. The van der Waals surface area contributed by atoms with Crippen molar-refractivity contribution in [2.45, 2.75) is 0 Å². The van der Waals surface area contributed by atoms with Gasteiger partial charge in [-0.25, -0.2) is 0 Å². The molecule has 0 radical (unpaired) electrons. The summed E-state index contributed by atoms with van der Waals surface area (Å²) in [5.41, 5.74) is 8.99. The smallest absolute Gasteiger partial charge is 0.143 e. The van der Waals surface area contributed by atoms with Crippen LogP contribution in [0.3, 0.4) is 0 Å². The zero-order valence-electron chi connectivity index (χ0n) is 27.7. The third kappa shape index (κ3) is 4.09. The van der Waals surface area contributed by atoms with Crippen LogP contribution in [0, 0.1) is 0 Å². The van der Waals surface area contributed by atoms with E-state index in [1.807, 2.05) is 0 Å². The van der Waals surface area contributed by atoms with Crippen molar-refractivity contribution in [1.82, 2.24) is 0 Å². The fraction of sp³-hybridized carbons (Fsp3) is 0. The van der Waals surface area contributed by atoms with E-state index in [0.717, 1.165) is 33.1 Å². The molecule has 0 aliphatic heterocycles. The average molecular weight is 647 g/mol. The molecule has 0 bridgehead atoms. The van der Waals surface area contributed by atoms with E-state index in [9.17, 15) is 0 Å². The largest absolute Gasteiger partial charge is 0.455 e. The summed E-state index contributed by atoms with van der Waals surface area (Å²) in [5.74, 6) is 0. The standard InChI is InChI=1S/C50H30O/c1-2-14-31(15-3-1)33-24-12-26-44-49-43(25-13-27-46(49)51-50(33)44)48-41-22-10-8-20-39(41)47(40-21-9-11-23-42(40)48)32-28-29-38-36-18-5-4-16-34(36)35-17-6-7-19-37(35)45(38)30-32/h1-30H. The van der Waals surface area contributed by atoms with Crippen LogP contribution in [0.15, 0.2) is 186 Å². The minimum absolute atomic E-state index is 0.900. The normalized spacial score (nSPS) is 11.9. The Bertz CT molecular complexity index is 3090.